The molecule has 0 aromatic heterocycles. The van der Waals surface area contributed by atoms with Gasteiger partial charge < -0.3 is 24.4 Å². The second-order valence-corrected chi connectivity index (χ2v) is 6.11. The molecule has 0 spiro atoms. The zero-order chi connectivity index (χ0) is 18.8. The summed E-state index contributed by atoms with van der Waals surface area (Å²) in [5.74, 6) is 2.71. The fraction of sp³-hybridized carbons (Fsp3) is 0.632. The van der Waals surface area contributed by atoms with E-state index >= 15 is 0 Å². The minimum atomic E-state index is 0. The van der Waals surface area contributed by atoms with Crippen molar-refractivity contribution >= 4 is 29.9 Å². The van der Waals surface area contributed by atoms with Gasteiger partial charge in [-0.1, -0.05) is 0 Å². The second-order valence-electron chi connectivity index (χ2n) is 6.11. The van der Waals surface area contributed by atoms with Crippen LogP contribution >= 0.6 is 24.0 Å². The zero-order valence-corrected chi connectivity index (χ0v) is 19.2. The maximum atomic E-state index is 5.49. The SMILES string of the molecule is CCOCCNC(=NC)N1CCN(Cc2cc(OC)ccc2OC)CC1.I. The topological polar surface area (TPSA) is 58.6 Å². The van der Waals surface area contributed by atoms with Crippen LogP contribution < -0.4 is 14.8 Å². The van der Waals surface area contributed by atoms with Crippen molar-refractivity contribution in [3.8, 4) is 11.5 Å². The van der Waals surface area contributed by atoms with Crippen LogP contribution in [0.1, 0.15) is 12.5 Å². The summed E-state index contributed by atoms with van der Waals surface area (Å²) < 4.78 is 16.2. The summed E-state index contributed by atoms with van der Waals surface area (Å²) in [5.41, 5.74) is 1.15. The maximum Gasteiger partial charge on any atom is 0.193 e. The third-order valence-corrected chi connectivity index (χ3v) is 4.50. The van der Waals surface area contributed by atoms with Crippen molar-refractivity contribution in [3.05, 3.63) is 23.8 Å². The van der Waals surface area contributed by atoms with Gasteiger partial charge in [0, 0.05) is 58.5 Å². The number of hydrogen-bond acceptors (Lipinski definition) is 5. The molecule has 1 fully saturated rings. The Morgan fingerprint density at radius 1 is 1.15 bits per heavy atom. The lowest BCUT2D eigenvalue weighted by Crippen LogP contribution is -2.52. The van der Waals surface area contributed by atoms with Gasteiger partial charge in [0.1, 0.15) is 11.5 Å². The Hall–Kier alpha value is -1.26. The van der Waals surface area contributed by atoms with Crippen LogP contribution in [0.5, 0.6) is 11.5 Å². The lowest BCUT2D eigenvalue weighted by atomic mass is 10.1. The molecule has 1 heterocycles. The van der Waals surface area contributed by atoms with Gasteiger partial charge >= 0.3 is 0 Å². The van der Waals surface area contributed by atoms with Gasteiger partial charge in [-0.15, -0.1) is 24.0 Å². The third-order valence-electron chi connectivity index (χ3n) is 4.50. The van der Waals surface area contributed by atoms with E-state index in [0.29, 0.717) is 6.61 Å². The molecule has 0 aliphatic carbocycles. The average Bonchev–Trinajstić information content (AvgIpc) is 2.69. The van der Waals surface area contributed by atoms with E-state index in [1.54, 1.807) is 14.2 Å². The minimum Gasteiger partial charge on any atom is -0.497 e. The Balaban J connectivity index is 0.00000364. The number of ether oxygens (including phenoxy) is 3. The van der Waals surface area contributed by atoms with Crippen molar-refractivity contribution in [2.24, 2.45) is 4.99 Å². The predicted octanol–water partition coefficient (Wildman–Crippen LogP) is 2.05. The molecule has 1 saturated heterocycles. The minimum absolute atomic E-state index is 0. The van der Waals surface area contributed by atoms with Gasteiger partial charge in [-0.2, -0.15) is 0 Å². The summed E-state index contributed by atoms with van der Waals surface area (Å²) in [7, 11) is 5.23. The van der Waals surface area contributed by atoms with Crippen LogP contribution in [0.2, 0.25) is 0 Å². The van der Waals surface area contributed by atoms with E-state index in [1.807, 2.05) is 26.1 Å². The van der Waals surface area contributed by atoms with E-state index < -0.39 is 0 Å². The van der Waals surface area contributed by atoms with Crippen molar-refractivity contribution in [2.75, 3.05) is 67.2 Å². The van der Waals surface area contributed by atoms with Crippen LogP contribution in [0.25, 0.3) is 0 Å². The molecular weight excluding hydrogens is 459 g/mol. The molecule has 7 nitrogen and oxygen atoms in total. The highest BCUT2D eigenvalue weighted by atomic mass is 127. The number of benzene rings is 1. The molecule has 1 aromatic rings. The number of piperazine rings is 1. The first-order chi connectivity index (χ1) is 12.7. The molecule has 154 valence electrons. The Bertz CT molecular complexity index is 578. The number of nitrogens with one attached hydrogen (secondary N) is 1. The summed E-state index contributed by atoms with van der Waals surface area (Å²) >= 11 is 0. The zero-order valence-electron chi connectivity index (χ0n) is 16.9. The van der Waals surface area contributed by atoms with Gasteiger partial charge in [-0.25, -0.2) is 0 Å². The molecule has 1 aliphatic heterocycles. The third kappa shape index (κ3) is 7.34. The normalized spacial score (nSPS) is 15.3. The van der Waals surface area contributed by atoms with Crippen LogP contribution in [0.4, 0.5) is 0 Å². The molecule has 27 heavy (non-hydrogen) atoms. The van der Waals surface area contributed by atoms with Gasteiger partial charge in [0.25, 0.3) is 0 Å². The van der Waals surface area contributed by atoms with Gasteiger partial charge in [0.05, 0.1) is 20.8 Å². The Labute approximate surface area is 180 Å². The van der Waals surface area contributed by atoms with E-state index in [2.05, 4.69) is 26.2 Å². The Kier molecular flexibility index (Phi) is 11.5. The second kappa shape index (κ2) is 13.0. The molecule has 1 N–H and O–H groups in total. The molecule has 0 unspecified atom stereocenters. The highest BCUT2D eigenvalue weighted by Gasteiger charge is 2.20. The molecule has 1 aromatic carbocycles. The fourth-order valence-corrected chi connectivity index (χ4v) is 3.08. The summed E-state index contributed by atoms with van der Waals surface area (Å²) in [6.45, 7) is 8.93. The molecule has 8 heteroatoms. The number of rotatable bonds is 8. The number of aliphatic imine (C=N–C) groups is 1. The van der Waals surface area contributed by atoms with E-state index in [9.17, 15) is 0 Å². The molecule has 1 aliphatic rings. The number of hydrogen-bond donors (Lipinski definition) is 1. The highest BCUT2D eigenvalue weighted by Crippen LogP contribution is 2.25. The van der Waals surface area contributed by atoms with Gasteiger partial charge in [-0.3, -0.25) is 9.89 Å². The molecule has 0 atom stereocenters. The van der Waals surface area contributed by atoms with Crippen molar-refractivity contribution in [1.29, 1.82) is 0 Å². The maximum absolute atomic E-state index is 5.49. The van der Waals surface area contributed by atoms with Gasteiger partial charge in [-0.05, 0) is 25.1 Å². The highest BCUT2D eigenvalue weighted by molar-refractivity contribution is 14.0. The quantitative estimate of drug-likeness (QED) is 0.260. The molecular formula is C19H33IN4O3. The first-order valence-corrected chi connectivity index (χ1v) is 9.18. The lowest BCUT2D eigenvalue weighted by Gasteiger charge is -2.36. The smallest absolute Gasteiger partial charge is 0.193 e. The van der Waals surface area contributed by atoms with Crippen molar-refractivity contribution in [3.63, 3.8) is 0 Å². The summed E-state index contributed by atoms with van der Waals surface area (Å²) in [6.07, 6.45) is 0. The number of methoxy groups -OCH3 is 2. The number of halogens is 1. The van der Waals surface area contributed by atoms with Crippen LogP contribution in [0.15, 0.2) is 23.2 Å². The van der Waals surface area contributed by atoms with Crippen LogP contribution in [-0.4, -0.2) is 83.0 Å². The molecule has 0 bridgehead atoms. The molecule has 0 amide bonds. The number of guanidine groups is 1. The number of nitrogens with zero attached hydrogens (tertiary/aromatic N) is 3. The first kappa shape index (κ1) is 23.8. The standard InChI is InChI=1S/C19H32N4O3.HI/c1-5-26-13-8-21-19(20-2)23-11-9-22(10-12-23)15-16-14-17(24-3)6-7-18(16)25-4;/h6-7,14H,5,8-13,15H2,1-4H3,(H,20,21);1H. The Morgan fingerprint density at radius 3 is 2.48 bits per heavy atom. The largest absolute Gasteiger partial charge is 0.497 e. The monoisotopic (exact) mass is 492 g/mol. The van der Waals surface area contributed by atoms with Crippen molar-refractivity contribution in [1.82, 2.24) is 15.1 Å². The van der Waals surface area contributed by atoms with Crippen LogP contribution in [-0.2, 0) is 11.3 Å². The summed E-state index contributed by atoms with van der Waals surface area (Å²) in [4.78, 5) is 9.12. The molecule has 0 saturated carbocycles. The summed E-state index contributed by atoms with van der Waals surface area (Å²) in [6, 6.07) is 5.95. The summed E-state index contributed by atoms with van der Waals surface area (Å²) in [5, 5.41) is 3.37. The van der Waals surface area contributed by atoms with E-state index in [1.165, 1.54) is 0 Å². The molecule has 0 radical (unpaired) electrons. The molecule has 2 rings (SSSR count). The van der Waals surface area contributed by atoms with Gasteiger partial charge in [0.15, 0.2) is 5.96 Å². The lowest BCUT2D eigenvalue weighted by molar-refractivity contribution is 0.149. The van der Waals surface area contributed by atoms with Gasteiger partial charge in [0.2, 0.25) is 0 Å². The van der Waals surface area contributed by atoms with E-state index in [-0.39, 0.29) is 24.0 Å². The average molecular weight is 492 g/mol. The Morgan fingerprint density at radius 2 is 1.89 bits per heavy atom. The van der Waals surface area contributed by atoms with Crippen molar-refractivity contribution in [2.45, 2.75) is 13.5 Å². The van der Waals surface area contributed by atoms with Crippen LogP contribution in [0.3, 0.4) is 0 Å². The predicted molar refractivity (Wildman–Crippen MR) is 120 cm³/mol. The fourth-order valence-electron chi connectivity index (χ4n) is 3.08. The van der Waals surface area contributed by atoms with E-state index in [4.69, 9.17) is 14.2 Å². The van der Waals surface area contributed by atoms with Crippen molar-refractivity contribution < 1.29 is 14.2 Å². The first-order valence-electron chi connectivity index (χ1n) is 9.18. The van der Waals surface area contributed by atoms with Crippen LogP contribution in [0, 0.1) is 0 Å². The van der Waals surface area contributed by atoms with E-state index in [0.717, 1.165) is 68.9 Å².